The van der Waals surface area contributed by atoms with Gasteiger partial charge >= 0.3 is 0 Å². The number of aryl methyl sites for hydroxylation is 1. The predicted molar refractivity (Wildman–Crippen MR) is 148 cm³/mol. The van der Waals surface area contributed by atoms with Gasteiger partial charge in [0.25, 0.3) is 10.1 Å². The van der Waals surface area contributed by atoms with Gasteiger partial charge < -0.3 is 23.7 Å². The largest absolute Gasteiger partial charge is 0.374 e. The molecule has 0 radical (unpaired) electrons. The van der Waals surface area contributed by atoms with Crippen molar-refractivity contribution < 1.29 is 36.3 Å². The van der Waals surface area contributed by atoms with Gasteiger partial charge in [-0.2, -0.15) is 8.42 Å². The number of benzene rings is 3. The lowest BCUT2D eigenvalue weighted by Gasteiger charge is -2.40. The van der Waals surface area contributed by atoms with E-state index in [1.807, 2.05) is 67.6 Å². The zero-order chi connectivity index (χ0) is 28.4. The van der Waals surface area contributed by atoms with Crippen molar-refractivity contribution in [3.8, 4) is 0 Å². The molecule has 0 aromatic heterocycles. The highest BCUT2D eigenvalue weighted by Gasteiger charge is 2.65. The third kappa shape index (κ3) is 6.31. The SMILES string of the molecule is Cc1ccc(S(=O)(=O)OC(C)C2(COCc3ccccc3)O[C@@H]3OC(C)(C)O[C@@H]3[C@@H]2OCc2ccccc2)cc1. The summed E-state index contributed by atoms with van der Waals surface area (Å²) < 4.78 is 64.0. The normalized spacial score (nSPS) is 26.4. The molecule has 2 aliphatic rings. The highest BCUT2D eigenvalue weighted by Crippen LogP contribution is 2.47. The second-order valence-electron chi connectivity index (χ2n) is 10.7. The number of hydrogen-bond donors (Lipinski definition) is 0. The Morgan fingerprint density at radius 1 is 0.825 bits per heavy atom. The third-order valence-electron chi connectivity index (χ3n) is 7.18. The first-order valence-electron chi connectivity index (χ1n) is 13.4. The standard InChI is InChI=1S/C31H36O8S/c1-22-15-17-26(18-16-22)40(32,33)39-23(2)31(21-34-19-24-11-7-5-8-12-24)28(35-20-25-13-9-6-10-14-25)27-29(38-31)37-30(3,4)36-27/h5-18,23,27-29H,19-21H2,1-4H3/t23?,27-,28+,29+,31?/m1/s1. The highest BCUT2D eigenvalue weighted by atomic mass is 32.2. The van der Waals surface area contributed by atoms with E-state index in [2.05, 4.69) is 0 Å². The fourth-order valence-corrected chi connectivity index (χ4v) is 6.23. The van der Waals surface area contributed by atoms with Crippen LogP contribution in [-0.4, -0.2) is 51.0 Å². The van der Waals surface area contributed by atoms with Crippen LogP contribution in [0.15, 0.2) is 89.8 Å². The summed E-state index contributed by atoms with van der Waals surface area (Å²) in [5.74, 6) is -0.904. The molecule has 2 aliphatic heterocycles. The van der Waals surface area contributed by atoms with E-state index < -0.39 is 46.1 Å². The second-order valence-corrected chi connectivity index (χ2v) is 12.3. The van der Waals surface area contributed by atoms with Crippen molar-refractivity contribution in [3.05, 3.63) is 102 Å². The zero-order valence-electron chi connectivity index (χ0n) is 23.2. The third-order valence-corrected chi connectivity index (χ3v) is 8.58. The molecule has 2 fully saturated rings. The van der Waals surface area contributed by atoms with Crippen molar-refractivity contribution >= 4 is 10.1 Å². The van der Waals surface area contributed by atoms with Crippen molar-refractivity contribution in [2.45, 2.75) is 81.8 Å². The lowest BCUT2D eigenvalue weighted by molar-refractivity contribution is -0.270. The maximum absolute atomic E-state index is 13.4. The quantitative estimate of drug-likeness (QED) is 0.294. The van der Waals surface area contributed by atoms with Gasteiger partial charge in [0.05, 0.1) is 24.7 Å². The van der Waals surface area contributed by atoms with Crippen LogP contribution >= 0.6 is 0 Å². The van der Waals surface area contributed by atoms with Crippen molar-refractivity contribution in [2.24, 2.45) is 0 Å². The molecular weight excluding hydrogens is 532 g/mol. The Hall–Kier alpha value is -2.63. The zero-order valence-corrected chi connectivity index (χ0v) is 24.0. The Balaban J connectivity index is 1.46. The van der Waals surface area contributed by atoms with E-state index in [1.54, 1.807) is 32.9 Å². The Morgan fingerprint density at radius 2 is 1.43 bits per heavy atom. The van der Waals surface area contributed by atoms with Crippen LogP contribution in [0.2, 0.25) is 0 Å². The molecule has 0 bridgehead atoms. The summed E-state index contributed by atoms with van der Waals surface area (Å²) in [5.41, 5.74) is 1.49. The Bertz CT molecular complexity index is 1360. The van der Waals surface area contributed by atoms with Gasteiger partial charge in [0.15, 0.2) is 17.7 Å². The molecule has 3 aromatic carbocycles. The minimum Gasteiger partial charge on any atom is -0.374 e. The Labute approximate surface area is 236 Å². The molecule has 2 unspecified atom stereocenters. The van der Waals surface area contributed by atoms with Gasteiger partial charge in [0, 0.05) is 0 Å². The van der Waals surface area contributed by atoms with E-state index in [1.165, 1.54) is 12.1 Å². The van der Waals surface area contributed by atoms with Gasteiger partial charge in [0.1, 0.15) is 18.3 Å². The van der Waals surface area contributed by atoms with Gasteiger partial charge in [-0.3, -0.25) is 4.18 Å². The Morgan fingerprint density at radius 3 is 2.05 bits per heavy atom. The van der Waals surface area contributed by atoms with Gasteiger partial charge in [-0.1, -0.05) is 78.4 Å². The van der Waals surface area contributed by atoms with Gasteiger partial charge in [-0.25, -0.2) is 0 Å². The fourth-order valence-electron chi connectivity index (χ4n) is 5.11. The molecule has 2 heterocycles. The smallest absolute Gasteiger partial charge is 0.297 e. The fraction of sp³-hybridized carbons (Fsp3) is 0.419. The van der Waals surface area contributed by atoms with Crippen molar-refractivity contribution in [3.63, 3.8) is 0 Å². The predicted octanol–water partition coefficient (Wildman–Crippen LogP) is 5.14. The molecule has 40 heavy (non-hydrogen) atoms. The number of rotatable bonds is 11. The molecule has 5 atom stereocenters. The molecule has 5 rings (SSSR count). The summed E-state index contributed by atoms with van der Waals surface area (Å²) in [7, 11) is -4.14. The lowest BCUT2D eigenvalue weighted by atomic mass is 9.90. The topological polar surface area (TPSA) is 89.5 Å². The first-order valence-corrected chi connectivity index (χ1v) is 14.8. The number of fused-ring (bicyclic) bond motifs is 1. The minimum atomic E-state index is -4.14. The molecule has 214 valence electrons. The molecule has 3 aromatic rings. The van der Waals surface area contributed by atoms with Gasteiger partial charge in [-0.05, 0) is 51.0 Å². The van der Waals surface area contributed by atoms with Crippen LogP contribution in [0.3, 0.4) is 0 Å². The molecule has 0 amide bonds. The van der Waals surface area contributed by atoms with Crippen LogP contribution in [0, 0.1) is 6.92 Å². The van der Waals surface area contributed by atoms with E-state index in [0.29, 0.717) is 0 Å². The Kier molecular flexibility index (Phi) is 8.45. The molecule has 0 spiro atoms. The number of hydrogen-bond acceptors (Lipinski definition) is 8. The molecule has 9 heteroatoms. The summed E-state index contributed by atoms with van der Waals surface area (Å²) in [4.78, 5) is 0.0545. The van der Waals surface area contributed by atoms with Crippen molar-refractivity contribution in [1.82, 2.24) is 0 Å². The van der Waals surface area contributed by atoms with Gasteiger partial charge in [-0.15, -0.1) is 0 Å². The lowest BCUT2D eigenvalue weighted by Crippen LogP contribution is -2.57. The van der Waals surface area contributed by atoms with Crippen molar-refractivity contribution in [1.29, 1.82) is 0 Å². The average Bonchev–Trinajstić information content (AvgIpc) is 3.37. The van der Waals surface area contributed by atoms with Crippen LogP contribution < -0.4 is 0 Å². The maximum Gasteiger partial charge on any atom is 0.297 e. The summed E-state index contributed by atoms with van der Waals surface area (Å²) in [5, 5.41) is 0. The molecule has 0 aliphatic carbocycles. The van der Waals surface area contributed by atoms with Crippen LogP contribution in [0.4, 0.5) is 0 Å². The molecule has 0 saturated carbocycles. The van der Waals surface area contributed by atoms with E-state index in [0.717, 1.165) is 16.7 Å². The van der Waals surface area contributed by atoms with Crippen LogP contribution in [0.1, 0.15) is 37.5 Å². The van der Waals surface area contributed by atoms with Crippen molar-refractivity contribution in [2.75, 3.05) is 6.61 Å². The van der Waals surface area contributed by atoms with Gasteiger partial charge in [0.2, 0.25) is 0 Å². The van der Waals surface area contributed by atoms with Crippen LogP contribution in [-0.2, 0) is 51.2 Å². The molecule has 8 nitrogen and oxygen atoms in total. The minimum absolute atomic E-state index is 0.0217. The van der Waals surface area contributed by atoms with Crippen LogP contribution in [0.5, 0.6) is 0 Å². The second kappa shape index (κ2) is 11.7. The van der Waals surface area contributed by atoms with E-state index in [9.17, 15) is 8.42 Å². The average molecular weight is 569 g/mol. The summed E-state index contributed by atoms with van der Waals surface area (Å²) in [6.45, 7) is 7.67. The monoisotopic (exact) mass is 568 g/mol. The van der Waals surface area contributed by atoms with Crippen LogP contribution in [0.25, 0.3) is 0 Å². The van der Waals surface area contributed by atoms with E-state index >= 15 is 0 Å². The molecular formula is C31H36O8S. The first-order chi connectivity index (χ1) is 19.1. The first kappa shape index (κ1) is 28.9. The van der Waals surface area contributed by atoms with E-state index in [4.69, 9.17) is 27.9 Å². The van der Waals surface area contributed by atoms with E-state index in [-0.39, 0.29) is 24.7 Å². The maximum atomic E-state index is 13.4. The highest BCUT2D eigenvalue weighted by molar-refractivity contribution is 7.86. The molecule has 2 saturated heterocycles. The summed E-state index contributed by atoms with van der Waals surface area (Å²) in [6.07, 6.45) is -3.22. The number of ether oxygens (including phenoxy) is 5. The summed E-state index contributed by atoms with van der Waals surface area (Å²) >= 11 is 0. The molecule has 0 N–H and O–H groups in total. The summed E-state index contributed by atoms with van der Waals surface area (Å²) in [6, 6.07) is 25.9.